The summed E-state index contributed by atoms with van der Waals surface area (Å²) in [6.07, 6.45) is -3.00. The normalized spacial score (nSPS) is 10.9. The van der Waals surface area contributed by atoms with Crippen LogP contribution < -0.4 is 14.8 Å². The molecule has 0 aliphatic heterocycles. The van der Waals surface area contributed by atoms with E-state index >= 15 is 0 Å². The molecule has 13 heteroatoms. The van der Waals surface area contributed by atoms with Crippen molar-refractivity contribution in [3.63, 3.8) is 0 Å². The van der Waals surface area contributed by atoms with Crippen LogP contribution in [0.3, 0.4) is 0 Å². The largest absolute Gasteiger partial charge is 0.573 e. The first-order valence-electron chi connectivity index (χ1n) is 10.6. The zero-order valence-electron chi connectivity index (χ0n) is 19.5. The number of anilines is 2. The van der Waals surface area contributed by atoms with Crippen molar-refractivity contribution in [2.75, 3.05) is 29.5 Å². The van der Waals surface area contributed by atoms with Crippen molar-refractivity contribution in [1.29, 1.82) is 0 Å². The Hall–Kier alpha value is -3.71. The lowest BCUT2D eigenvalue weighted by Crippen LogP contribution is -2.21. The van der Waals surface area contributed by atoms with E-state index in [9.17, 15) is 27.6 Å². The zero-order chi connectivity index (χ0) is 27.0. The quantitative estimate of drug-likeness (QED) is 0.233. The lowest BCUT2D eigenvalue weighted by atomic mass is 10.1. The van der Waals surface area contributed by atoms with Crippen LogP contribution in [0.4, 0.5) is 23.9 Å². The molecule has 0 fully saturated rings. The van der Waals surface area contributed by atoms with E-state index in [0.29, 0.717) is 16.1 Å². The number of amides is 1. The summed E-state index contributed by atoms with van der Waals surface area (Å²) in [5, 5.41) is 2.67. The highest BCUT2D eigenvalue weighted by atomic mass is 32.2. The number of ether oxygens (including phenoxy) is 3. The van der Waals surface area contributed by atoms with Crippen LogP contribution >= 0.6 is 23.3 Å². The Morgan fingerprint density at radius 3 is 2.38 bits per heavy atom. The van der Waals surface area contributed by atoms with E-state index in [-0.39, 0.29) is 22.7 Å². The maximum absolute atomic E-state index is 12.5. The van der Waals surface area contributed by atoms with E-state index in [1.807, 2.05) is 6.26 Å². The van der Waals surface area contributed by atoms with Crippen LogP contribution in [0, 0.1) is 0 Å². The molecule has 1 amide bonds. The van der Waals surface area contributed by atoms with Crippen molar-refractivity contribution in [1.82, 2.24) is 0 Å². The van der Waals surface area contributed by atoms with Crippen molar-refractivity contribution < 1.29 is 41.8 Å². The Labute approximate surface area is 218 Å². The summed E-state index contributed by atoms with van der Waals surface area (Å²) >= 11 is 2.36. The SMILES string of the molecule is CCOC(=O)c1cc(-c2ccc(OC(F)(F)F)cc2)sc1NC(=O)COC(=O)c1cccc(NSC)c1. The number of hydrogen-bond donors (Lipinski definition) is 2. The summed E-state index contributed by atoms with van der Waals surface area (Å²) < 4.78 is 54.2. The maximum Gasteiger partial charge on any atom is 0.573 e. The summed E-state index contributed by atoms with van der Waals surface area (Å²) in [5.41, 5.74) is 1.47. The number of hydrogen-bond acceptors (Lipinski definition) is 9. The Morgan fingerprint density at radius 1 is 1.00 bits per heavy atom. The van der Waals surface area contributed by atoms with Gasteiger partial charge in [0.05, 0.1) is 17.7 Å². The zero-order valence-corrected chi connectivity index (χ0v) is 21.1. The van der Waals surface area contributed by atoms with Crippen LogP contribution in [0.5, 0.6) is 5.75 Å². The van der Waals surface area contributed by atoms with Crippen molar-refractivity contribution in [2.45, 2.75) is 13.3 Å². The number of carbonyl (C=O) groups is 3. The average molecular weight is 555 g/mol. The highest BCUT2D eigenvalue weighted by molar-refractivity contribution is 7.99. The van der Waals surface area contributed by atoms with Gasteiger partial charge in [0, 0.05) is 16.8 Å². The highest BCUT2D eigenvalue weighted by Crippen LogP contribution is 2.37. The molecular formula is C24H21F3N2O6S2. The molecule has 2 aromatic carbocycles. The average Bonchev–Trinajstić information content (AvgIpc) is 3.26. The lowest BCUT2D eigenvalue weighted by Gasteiger charge is -2.08. The molecule has 2 N–H and O–H groups in total. The third kappa shape index (κ3) is 8.15. The van der Waals surface area contributed by atoms with Gasteiger partial charge in [-0.2, -0.15) is 0 Å². The second kappa shape index (κ2) is 12.5. The first kappa shape index (κ1) is 27.9. The number of esters is 2. The molecule has 8 nitrogen and oxygen atoms in total. The molecular weight excluding hydrogens is 533 g/mol. The summed E-state index contributed by atoms with van der Waals surface area (Å²) in [7, 11) is 0. The Balaban J connectivity index is 1.72. The molecule has 0 unspecified atom stereocenters. The minimum absolute atomic E-state index is 0.0491. The molecule has 0 saturated heterocycles. The minimum Gasteiger partial charge on any atom is -0.462 e. The Kier molecular flexibility index (Phi) is 9.42. The number of alkyl halides is 3. The van der Waals surface area contributed by atoms with Crippen LogP contribution in [-0.4, -0.2) is 43.7 Å². The molecule has 196 valence electrons. The van der Waals surface area contributed by atoms with E-state index in [4.69, 9.17) is 9.47 Å². The smallest absolute Gasteiger partial charge is 0.462 e. The van der Waals surface area contributed by atoms with E-state index in [1.54, 1.807) is 31.2 Å². The third-order valence-corrected chi connectivity index (χ3v) is 6.04. The monoisotopic (exact) mass is 554 g/mol. The van der Waals surface area contributed by atoms with Gasteiger partial charge in [0.15, 0.2) is 6.61 Å². The van der Waals surface area contributed by atoms with E-state index in [2.05, 4.69) is 14.8 Å². The van der Waals surface area contributed by atoms with Gasteiger partial charge in [-0.1, -0.05) is 18.0 Å². The van der Waals surface area contributed by atoms with Crippen LogP contribution in [0.15, 0.2) is 54.6 Å². The summed E-state index contributed by atoms with van der Waals surface area (Å²) in [6.45, 7) is 1.09. The molecule has 1 heterocycles. The summed E-state index contributed by atoms with van der Waals surface area (Å²) in [5.74, 6) is -2.51. The topological polar surface area (TPSA) is 103 Å². The van der Waals surface area contributed by atoms with Gasteiger partial charge >= 0.3 is 18.3 Å². The molecule has 0 bridgehead atoms. The maximum atomic E-state index is 12.5. The summed E-state index contributed by atoms with van der Waals surface area (Å²) in [6, 6.07) is 13.0. The fraction of sp³-hybridized carbons (Fsp3) is 0.208. The standard InChI is InChI=1S/C24H21F3N2O6S2/c1-3-33-23(32)18-12-19(14-7-9-17(10-8-14)35-24(25,26)27)37-21(18)28-20(30)13-34-22(31)15-5-4-6-16(11-15)29-36-2/h4-12,29H,3,13H2,1-2H3,(H,28,30). The first-order valence-corrected chi connectivity index (χ1v) is 12.7. The first-order chi connectivity index (χ1) is 17.6. The molecule has 0 aliphatic rings. The molecule has 3 rings (SSSR count). The molecule has 0 atom stereocenters. The molecule has 0 aliphatic carbocycles. The molecule has 0 spiro atoms. The van der Waals surface area contributed by atoms with Gasteiger partial charge in [0.1, 0.15) is 10.8 Å². The van der Waals surface area contributed by atoms with Gasteiger partial charge in [-0.3, -0.25) is 4.79 Å². The second-order valence-corrected chi connectivity index (χ2v) is 8.82. The molecule has 0 saturated carbocycles. The van der Waals surface area contributed by atoms with Gasteiger partial charge in [0.25, 0.3) is 5.91 Å². The van der Waals surface area contributed by atoms with Crippen LogP contribution in [-0.2, 0) is 14.3 Å². The van der Waals surface area contributed by atoms with E-state index in [1.165, 1.54) is 30.1 Å². The number of halogens is 3. The predicted octanol–water partition coefficient (Wildman–Crippen LogP) is 5.98. The number of thiophene rings is 1. The molecule has 37 heavy (non-hydrogen) atoms. The Bertz CT molecular complexity index is 1260. The van der Waals surface area contributed by atoms with Gasteiger partial charge in [-0.25, -0.2) is 9.59 Å². The van der Waals surface area contributed by atoms with E-state index < -0.39 is 36.6 Å². The molecule has 1 aromatic heterocycles. The van der Waals surface area contributed by atoms with Gasteiger partial charge in [-0.15, -0.1) is 24.5 Å². The second-order valence-electron chi connectivity index (χ2n) is 7.16. The number of carbonyl (C=O) groups excluding carboxylic acids is 3. The third-order valence-electron chi connectivity index (χ3n) is 4.51. The van der Waals surface area contributed by atoms with E-state index in [0.717, 1.165) is 23.5 Å². The number of benzene rings is 2. The van der Waals surface area contributed by atoms with Crippen LogP contribution in [0.25, 0.3) is 10.4 Å². The van der Waals surface area contributed by atoms with Gasteiger partial charge < -0.3 is 24.2 Å². The number of rotatable bonds is 10. The fourth-order valence-electron chi connectivity index (χ4n) is 3.01. The van der Waals surface area contributed by atoms with Crippen molar-refractivity contribution in [3.8, 4) is 16.2 Å². The number of nitrogens with one attached hydrogen (secondary N) is 2. The Morgan fingerprint density at radius 2 is 1.73 bits per heavy atom. The van der Waals surface area contributed by atoms with Crippen LogP contribution in [0.1, 0.15) is 27.6 Å². The predicted molar refractivity (Wildman–Crippen MR) is 135 cm³/mol. The lowest BCUT2D eigenvalue weighted by molar-refractivity contribution is -0.274. The van der Waals surface area contributed by atoms with Gasteiger partial charge in [-0.05, 0) is 61.0 Å². The van der Waals surface area contributed by atoms with Gasteiger partial charge in [0.2, 0.25) is 0 Å². The highest BCUT2D eigenvalue weighted by Gasteiger charge is 2.31. The van der Waals surface area contributed by atoms with Crippen molar-refractivity contribution in [3.05, 3.63) is 65.7 Å². The minimum atomic E-state index is -4.82. The molecule has 3 aromatic rings. The van der Waals surface area contributed by atoms with Crippen molar-refractivity contribution in [2.24, 2.45) is 0 Å². The fourth-order valence-corrected chi connectivity index (χ4v) is 4.44. The van der Waals surface area contributed by atoms with Crippen molar-refractivity contribution >= 4 is 51.8 Å². The summed E-state index contributed by atoms with van der Waals surface area (Å²) in [4.78, 5) is 37.7. The molecule has 0 radical (unpaired) electrons. The van der Waals surface area contributed by atoms with Crippen LogP contribution in [0.2, 0.25) is 0 Å².